The van der Waals surface area contributed by atoms with Gasteiger partial charge in [0.05, 0.1) is 0 Å². The first kappa shape index (κ1) is 15.3. The summed E-state index contributed by atoms with van der Waals surface area (Å²) in [6.07, 6.45) is 7.09. The van der Waals surface area contributed by atoms with Crippen LogP contribution in [0.15, 0.2) is 0 Å². The van der Waals surface area contributed by atoms with Crippen molar-refractivity contribution in [3.63, 3.8) is 0 Å². The molecule has 2 aliphatic rings. The molecule has 0 amide bonds. The van der Waals surface area contributed by atoms with E-state index in [0.29, 0.717) is 6.04 Å². The third-order valence-electron chi connectivity index (χ3n) is 4.60. The number of piperidine rings is 2. The van der Waals surface area contributed by atoms with Gasteiger partial charge in [0.2, 0.25) is 0 Å². The smallest absolute Gasteiger partial charge is 0.0109 e. The van der Waals surface area contributed by atoms with Gasteiger partial charge in [-0.05, 0) is 57.8 Å². The predicted molar refractivity (Wildman–Crippen MR) is 82.6 cm³/mol. The van der Waals surface area contributed by atoms with Crippen LogP contribution in [-0.4, -0.2) is 61.7 Å². The fourth-order valence-electron chi connectivity index (χ4n) is 3.39. The van der Waals surface area contributed by atoms with Gasteiger partial charge in [0, 0.05) is 25.7 Å². The highest BCUT2D eigenvalue weighted by molar-refractivity contribution is 4.76. The van der Waals surface area contributed by atoms with Crippen LogP contribution in [0.5, 0.6) is 0 Å². The van der Waals surface area contributed by atoms with Crippen LogP contribution in [0.3, 0.4) is 0 Å². The Morgan fingerprint density at radius 3 is 2.37 bits per heavy atom. The maximum atomic E-state index is 3.60. The van der Waals surface area contributed by atoms with Crippen molar-refractivity contribution in [1.29, 1.82) is 0 Å². The van der Waals surface area contributed by atoms with Crippen LogP contribution >= 0.6 is 0 Å². The van der Waals surface area contributed by atoms with Gasteiger partial charge in [0.25, 0.3) is 0 Å². The second-order valence-electron chi connectivity index (χ2n) is 6.77. The monoisotopic (exact) mass is 267 g/mol. The first-order valence-electron chi connectivity index (χ1n) is 8.42. The normalized spacial score (nSPS) is 27.0. The zero-order valence-corrected chi connectivity index (χ0v) is 13.0. The molecule has 0 spiro atoms. The molecule has 0 radical (unpaired) electrons. The Balaban J connectivity index is 1.62. The van der Waals surface area contributed by atoms with E-state index in [1.807, 2.05) is 0 Å². The summed E-state index contributed by atoms with van der Waals surface area (Å²) in [5.41, 5.74) is 0. The van der Waals surface area contributed by atoms with E-state index >= 15 is 0 Å². The molecule has 2 saturated heterocycles. The summed E-state index contributed by atoms with van der Waals surface area (Å²) in [6, 6.07) is 0.628. The average Bonchev–Trinajstić information content (AvgIpc) is 2.44. The third kappa shape index (κ3) is 5.80. The first-order chi connectivity index (χ1) is 9.24. The van der Waals surface area contributed by atoms with Crippen molar-refractivity contribution in [3.8, 4) is 0 Å². The molecule has 19 heavy (non-hydrogen) atoms. The molecule has 3 heteroatoms. The molecule has 2 rings (SSSR count). The number of hydrogen-bond donors (Lipinski definition) is 1. The van der Waals surface area contributed by atoms with Crippen molar-refractivity contribution in [2.24, 2.45) is 5.92 Å². The zero-order chi connectivity index (χ0) is 13.5. The van der Waals surface area contributed by atoms with Gasteiger partial charge in [0.1, 0.15) is 0 Å². The minimum Gasteiger partial charge on any atom is -0.314 e. The van der Waals surface area contributed by atoms with Crippen LogP contribution in [0.1, 0.15) is 46.0 Å². The standard InChI is InChI=1S/C16H33N3/c1-15(2)17-13-16-7-6-10-19(14-16)12-11-18-8-4-3-5-9-18/h15-17H,3-14H2,1-2H3. The lowest BCUT2D eigenvalue weighted by molar-refractivity contribution is 0.137. The number of nitrogens with one attached hydrogen (secondary N) is 1. The Bertz CT molecular complexity index is 236. The van der Waals surface area contributed by atoms with Crippen LogP contribution in [0, 0.1) is 5.92 Å². The lowest BCUT2D eigenvalue weighted by atomic mass is 9.97. The maximum Gasteiger partial charge on any atom is 0.0109 e. The number of rotatable bonds is 6. The molecule has 3 nitrogen and oxygen atoms in total. The largest absolute Gasteiger partial charge is 0.314 e. The molecule has 0 aromatic carbocycles. The van der Waals surface area contributed by atoms with Crippen LogP contribution in [0.25, 0.3) is 0 Å². The fourth-order valence-corrected chi connectivity index (χ4v) is 3.39. The molecular formula is C16H33N3. The van der Waals surface area contributed by atoms with E-state index in [1.165, 1.54) is 77.9 Å². The minimum atomic E-state index is 0.628. The van der Waals surface area contributed by atoms with E-state index in [9.17, 15) is 0 Å². The summed E-state index contributed by atoms with van der Waals surface area (Å²) >= 11 is 0. The van der Waals surface area contributed by atoms with E-state index in [0.717, 1.165) is 5.92 Å². The number of nitrogens with zero attached hydrogens (tertiary/aromatic N) is 2. The van der Waals surface area contributed by atoms with Gasteiger partial charge >= 0.3 is 0 Å². The second-order valence-corrected chi connectivity index (χ2v) is 6.77. The highest BCUT2D eigenvalue weighted by atomic mass is 15.2. The topological polar surface area (TPSA) is 18.5 Å². The van der Waals surface area contributed by atoms with Gasteiger partial charge in [-0.2, -0.15) is 0 Å². The molecule has 1 atom stereocenters. The Hall–Kier alpha value is -0.120. The average molecular weight is 267 g/mol. The van der Waals surface area contributed by atoms with Crippen molar-refractivity contribution in [2.75, 3.05) is 45.8 Å². The SMILES string of the molecule is CC(C)NCC1CCCN(CCN2CCCCC2)C1. The summed E-state index contributed by atoms with van der Waals surface area (Å²) < 4.78 is 0. The van der Waals surface area contributed by atoms with Crippen LogP contribution < -0.4 is 5.32 Å². The molecule has 112 valence electrons. The van der Waals surface area contributed by atoms with E-state index in [4.69, 9.17) is 0 Å². The zero-order valence-electron chi connectivity index (χ0n) is 13.0. The van der Waals surface area contributed by atoms with Gasteiger partial charge < -0.3 is 15.1 Å². The lowest BCUT2D eigenvalue weighted by Crippen LogP contribution is -2.44. The van der Waals surface area contributed by atoms with Gasteiger partial charge in [-0.1, -0.05) is 20.3 Å². The summed E-state index contributed by atoms with van der Waals surface area (Å²) in [5, 5.41) is 3.60. The molecule has 0 aromatic heterocycles. The van der Waals surface area contributed by atoms with E-state index in [2.05, 4.69) is 29.0 Å². The van der Waals surface area contributed by atoms with Gasteiger partial charge in [-0.3, -0.25) is 0 Å². The molecule has 1 unspecified atom stereocenters. The molecule has 2 heterocycles. The van der Waals surface area contributed by atoms with E-state index in [-0.39, 0.29) is 0 Å². The van der Waals surface area contributed by atoms with Crippen molar-refractivity contribution in [2.45, 2.75) is 52.0 Å². The Kier molecular flexibility index (Phi) is 6.62. The Labute approximate surface area is 119 Å². The van der Waals surface area contributed by atoms with Gasteiger partial charge in [-0.15, -0.1) is 0 Å². The molecule has 1 N–H and O–H groups in total. The molecule has 0 saturated carbocycles. The predicted octanol–water partition coefficient (Wildman–Crippen LogP) is 2.18. The molecular weight excluding hydrogens is 234 g/mol. The van der Waals surface area contributed by atoms with E-state index in [1.54, 1.807) is 0 Å². The number of likely N-dealkylation sites (tertiary alicyclic amines) is 2. The summed E-state index contributed by atoms with van der Waals surface area (Å²) in [5.74, 6) is 0.873. The third-order valence-corrected chi connectivity index (χ3v) is 4.60. The minimum absolute atomic E-state index is 0.628. The summed E-state index contributed by atoms with van der Waals surface area (Å²) in [7, 11) is 0. The maximum absolute atomic E-state index is 3.60. The van der Waals surface area contributed by atoms with Crippen molar-refractivity contribution >= 4 is 0 Å². The summed E-state index contributed by atoms with van der Waals surface area (Å²) in [6.45, 7) is 13.6. The molecule has 2 fully saturated rings. The van der Waals surface area contributed by atoms with Crippen molar-refractivity contribution in [1.82, 2.24) is 15.1 Å². The Morgan fingerprint density at radius 2 is 1.63 bits per heavy atom. The van der Waals surface area contributed by atoms with Crippen molar-refractivity contribution in [3.05, 3.63) is 0 Å². The lowest BCUT2D eigenvalue weighted by Gasteiger charge is -2.35. The van der Waals surface area contributed by atoms with Crippen molar-refractivity contribution < 1.29 is 0 Å². The molecule has 2 aliphatic heterocycles. The fraction of sp³-hybridized carbons (Fsp3) is 1.00. The van der Waals surface area contributed by atoms with Gasteiger partial charge in [0.15, 0.2) is 0 Å². The highest BCUT2D eigenvalue weighted by Gasteiger charge is 2.20. The quantitative estimate of drug-likeness (QED) is 0.796. The van der Waals surface area contributed by atoms with Crippen LogP contribution in [0.2, 0.25) is 0 Å². The highest BCUT2D eigenvalue weighted by Crippen LogP contribution is 2.16. The molecule has 0 bridgehead atoms. The van der Waals surface area contributed by atoms with E-state index < -0.39 is 0 Å². The number of hydrogen-bond acceptors (Lipinski definition) is 3. The first-order valence-corrected chi connectivity index (χ1v) is 8.42. The summed E-state index contributed by atoms with van der Waals surface area (Å²) in [4.78, 5) is 5.37. The van der Waals surface area contributed by atoms with Crippen LogP contribution in [-0.2, 0) is 0 Å². The van der Waals surface area contributed by atoms with Crippen LogP contribution in [0.4, 0.5) is 0 Å². The van der Waals surface area contributed by atoms with Gasteiger partial charge in [-0.25, -0.2) is 0 Å². The molecule has 0 aromatic rings. The Morgan fingerprint density at radius 1 is 0.947 bits per heavy atom. The second kappa shape index (κ2) is 8.23. The molecule has 0 aliphatic carbocycles.